The van der Waals surface area contributed by atoms with Gasteiger partial charge in [-0.25, -0.2) is 4.98 Å². The van der Waals surface area contributed by atoms with Crippen molar-refractivity contribution in [2.75, 3.05) is 0 Å². The number of nitrogens with zero attached hydrogens (tertiary/aromatic N) is 4. The number of nitrogens with one attached hydrogen (secondary N) is 1. The van der Waals surface area contributed by atoms with E-state index in [2.05, 4.69) is 33.8 Å². The molecule has 1 aromatic heterocycles. The molecule has 0 atom stereocenters. The fraction of sp³-hybridized carbons (Fsp3) is 0.364. The minimum atomic E-state index is 0.567. The number of benzene rings is 1. The van der Waals surface area contributed by atoms with Crippen LogP contribution in [0.25, 0.3) is 21.5 Å². The van der Waals surface area contributed by atoms with Crippen LogP contribution in [-0.4, -0.2) is 9.97 Å². The number of azide groups is 1. The summed E-state index contributed by atoms with van der Waals surface area (Å²) in [5.41, 5.74) is 10.8. The summed E-state index contributed by atoms with van der Waals surface area (Å²) in [4.78, 5) is 10.5. The van der Waals surface area contributed by atoms with Crippen molar-refractivity contribution in [2.24, 2.45) is 11.0 Å². The molecule has 0 unspecified atom stereocenters. The van der Waals surface area contributed by atoms with E-state index >= 15 is 0 Å². The lowest BCUT2D eigenvalue weighted by Gasteiger charge is -1.98. The molecule has 2 aromatic rings. The van der Waals surface area contributed by atoms with Gasteiger partial charge in [-0.05, 0) is 23.6 Å². The molecule has 0 saturated carbocycles. The topological polar surface area (TPSA) is 77.4 Å². The highest BCUT2D eigenvalue weighted by Crippen LogP contribution is 2.20. The molecule has 1 aromatic carbocycles. The van der Waals surface area contributed by atoms with Crippen LogP contribution >= 0.6 is 0 Å². The van der Waals surface area contributed by atoms with Crippen molar-refractivity contribution in [3.63, 3.8) is 0 Å². The van der Waals surface area contributed by atoms with Gasteiger partial charge in [-0.3, -0.25) is 0 Å². The Morgan fingerprint density at radius 2 is 2.31 bits per heavy atom. The van der Waals surface area contributed by atoms with Crippen molar-refractivity contribution >= 4 is 16.7 Å². The molecule has 2 rings (SSSR count). The van der Waals surface area contributed by atoms with Crippen LogP contribution in [0, 0.1) is 5.92 Å². The first kappa shape index (κ1) is 10.5. The highest BCUT2D eigenvalue weighted by molar-refractivity contribution is 5.78. The average molecular weight is 215 g/mol. The summed E-state index contributed by atoms with van der Waals surface area (Å²) in [5, 5.41) is 3.56. The van der Waals surface area contributed by atoms with E-state index in [1.165, 1.54) is 0 Å². The summed E-state index contributed by atoms with van der Waals surface area (Å²) in [6, 6.07) is 5.44. The molecule has 0 aliphatic carbocycles. The summed E-state index contributed by atoms with van der Waals surface area (Å²) >= 11 is 0. The molecule has 0 spiro atoms. The molecular weight excluding hydrogens is 202 g/mol. The highest BCUT2D eigenvalue weighted by Gasteiger charge is 2.04. The van der Waals surface area contributed by atoms with Crippen molar-refractivity contribution in [1.29, 1.82) is 0 Å². The first-order chi connectivity index (χ1) is 7.69. The quantitative estimate of drug-likeness (QED) is 0.473. The predicted molar refractivity (Wildman–Crippen MR) is 63.4 cm³/mol. The minimum absolute atomic E-state index is 0.567. The van der Waals surface area contributed by atoms with Gasteiger partial charge >= 0.3 is 0 Å². The Morgan fingerprint density at radius 1 is 1.50 bits per heavy atom. The van der Waals surface area contributed by atoms with Gasteiger partial charge < -0.3 is 4.98 Å². The van der Waals surface area contributed by atoms with Crippen molar-refractivity contribution in [3.8, 4) is 0 Å². The lowest BCUT2D eigenvalue weighted by molar-refractivity contribution is 0.627. The van der Waals surface area contributed by atoms with E-state index in [1.807, 2.05) is 12.1 Å². The average Bonchev–Trinajstić information content (AvgIpc) is 2.58. The number of aromatic nitrogens is 2. The van der Waals surface area contributed by atoms with E-state index in [1.54, 1.807) is 6.07 Å². The summed E-state index contributed by atoms with van der Waals surface area (Å²) in [6.45, 7) is 4.30. The third-order valence-electron chi connectivity index (χ3n) is 2.28. The predicted octanol–water partition coefficient (Wildman–Crippen LogP) is 3.70. The molecule has 0 bridgehead atoms. The summed E-state index contributed by atoms with van der Waals surface area (Å²) in [5.74, 6) is 1.54. The number of hydrogen-bond donors (Lipinski definition) is 1. The van der Waals surface area contributed by atoms with Crippen molar-refractivity contribution < 1.29 is 0 Å². The first-order valence-corrected chi connectivity index (χ1v) is 5.23. The van der Waals surface area contributed by atoms with Gasteiger partial charge in [0.1, 0.15) is 5.82 Å². The first-order valence-electron chi connectivity index (χ1n) is 5.23. The van der Waals surface area contributed by atoms with E-state index in [0.29, 0.717) is 11.6 Å². The molecule has 0 fully saturated rings. The molecule has 0 radical (unpaired) electrons. The number of rotatable bonds is 3. The van der Waals surface area contributed by atoms with Gasteiger partial charge in [-0.2, -0.15) is 0 Å². The smallest absolute Gasteiger partial charge is 0.107 e. The van der Waals surface area contributed by atoms with Crippen molar-refractivity contribution in [1.82, 2.24) is 9.97 Å². The molecular formula is C11H13N5. The van der Waals surface area contributed by atoms with Gasteiger partial charge in [0.15, 0.2) is 0 Å². The molecule has 5 nitrogen and oxygen atoms in total. The molecule has 1 heterocycles. The maximum Gasteiger partial charge on any atom is 0.107 e. The second-order valence-corrected chi connectivity index (χ2v) is 4.17. The van der Waals surface area contributed by atoms with Crippen LogP contribution < -0.4 is 0 Å². The van der Waals surface area contributed by atoms with E-state index < -0.39 is 0 Å². The lowest BCUT2D eigenvalue weighted by Crippen LogP contribution is -1.95. The molecule has 82 valence electrons. The number of H-pyrrole nitrogens is 1. The minimum Gasteiger partial charge on any atom is -0.342 e. The SMILES string of the molecule is CC(C)Cc1nc2ccc(N=[N+]=[N-])cc2[nH]1. The number of aromatic amines is 1. The second-order valence-electron chi connectivity index (χ2n) is 4.17. The monoisotopic (exact) mass is 215 g/mol. The number of hydrogen-bond acceptors (Lipinski definition) is 2. The summed E-state index contributed by atoms with van der Waals surface area (Å²) in [6.07, 6.45) is 0.922. The van der Waals surface area contributed by atoms with Gasteiger partial charge in [0.2, 0.25) is 0 Å². The molecule has 16 heavy (non-hydrogen) atoms. The standard InChI is InChI=1S/C11H13N5/c1-7(2)5-11-13-9-4-3-8(15-16-12)6-10(9)14-11/h3-4,6-7H,5H2,1-2H3,(H,13,14). The summed E-state index contributed by atoms with van der Waals surface area (Å²) < 4.78 is 0. The molecule has 1 N–H and O–H groups in total. The molecule has 5 heteroatoms. The van der Waals surface area contributed by atoms with Crippen LogP contribution in [-0.2, 0) is 6.42 Å². The number of imidazole rings is 1. The van der Waals surface area contributed by atoms with E-state index in [4.69, 9.17) is 5.53 Å². The molecule has 0 aliphatic rings. The third-order valence-corrected chi connectivity index (χ3v) is 2.28. The third kappa shape index (κ3) is 2.15. The second kappa shape index (κ2) is 4.24. The van der Waals surface area contributed by atoms with Crippen molar-refractivity contribution in [3.05, 3.63) is 34.5 Å². The van der Waals surface area contributed by atoms with Crippen molar-refractivity contribution in [2.45, 2.75) is 20.3 Å². The molecule has 0 aliphatic heterocycles. The van der Waals surface area contributed by atoms with Gasteiger partial charge in [-0.15, -0.1) is 0 Å². The zero-order valence-electron chi connectivity index (χ0n) is 9.31. The van der Waals surface area contributed by atoms with Gasteiger partial charge in [0.25, 0.3) is 0 Å². The Kier molecular flexibility index (Phi) is 2.79. The zero-order chi connectivity index (χ0) is 11.5. The number of fused-ring (bicyclic) bond motifs is 1. The maximum absolute atomic E-state index is 8.35. The van der Waals surface area contributed by atoms with E-state index in [9.17, 15) is 0 Å². The van der Waals surface area contributed by atoms with Gasteiger partial charge in [0.05, 0.1) is 11.0 Å². The van der Waals surface area contributed by atoms with Crippen LogP contribution in [0.4, 0.5) is 5.69 Å². The largest absolute Gasteiger partial charge is 0.342 e. The Labute approximate surface area is 93.1 Å². The van der Waals surface area contributed by atoms with E-state index in [0.717, 1.165) is 23.3 Å². The Hall–Kier alpha value is -2.00. The van der Waals surface area contributed by atoms with Crippen LogP contribution in [0.5, 0.6) is 0 Å². The zero-order valence-corrected chi connectivity index (χ0v) is 9.31. The van der Waals surface area contributed by atoms with Crippen LogP contribution in [0.1, 0.15) is 19.7 Å². The Balaban J connectivity index is 2.41. The van der Waals surface area contributed by atoms with E-state index in [-0.39, 0.29) is 0 Å². The summed E-state index contributed by atoms with van der Waals surface area (Å²) in [7, 11) is 0. The lowest BCUT2D eigenvalue weighted by atomic mass is 10.1. The molecule has 0 saturated heterocycles. The highest BCUT2D eigenvalue weighted by atomic mass is 15.1. The Bertz CT molecular complexity index is 549. The maximum atomic E-state index is 8.35. The normalized spacial score (nSPS) is 10.7. The van der Waals surface area contributed by atoms with Crippen LogP contribution in [0.2, 0.25) is 0 Å². The fourth-order valence-electron chi connectivity index (χ4n) is 1.65. The molecule has 0 amide bonds. The van der Waals surface area contributed by atoms with Gasteiger partial charge in [0, 0.05) is 17.0 Å². The van der Waals surface area contributed by atoms with Crippen LogP contribution in [0.15, 0.2) is 23.3 Å². The van der Waals surface area contributed by atoms with Gasteiger partial charge in [-0.1, -0.05) is 25.0 Å². The fourth-order valence-corrected chi connectivity index (χ4v) is 1.65. The van der Waals surface area contributed by atoms with Crippen LogP contribution in [0.3, 0.4) is 0 Å². The Morgan fingerprint density at radius 3 is 3.00 bits per heavy atom.